The van der Waals surface area contributed by atoms with Crippen molar-refractivity contribution in [2.45, 2.75) is 32.4 Å². The van der Waals surface area contributed by atoms with E-state index >= 15 is 0 Å². The largest absolute Gasteiger partial charge is 0.394 e. The van der Waals surface area contributed by atoms with Crippen molar-refractivity contribution < 1.29 is 9.84 Å². The first-order valence-corrected chi connectivity index (χ1v) is 5.40. The quantitative estimate of drug-likeness (QED) is 0.682. The number of likely N-dealkylation sites (N-methyl/N-ethyl adjacent to an activating group) is 1. The summed E-state index contributed by atoms with van der Waals surface area (Å²) < 4.78 is 5.40. The van der Waals surface area contributed by atoms with Gasteiger partial charge in [0.05, 0.1) is 19.3 Å². The third-order valence-corrected chi connectivity index (χ3v) is 2.24. The SMILES string of the molecule is CC.CN1CC[C@@H](N)[C@@H](OCCO)C1. The van der Waals surface area contributed by atoms with Crippen molar-refractivity contribution in [3.63, 3.8) is 0 Å². The number of nitrogens with zero attached hydrogens (tertiary/aromatic N) is 1. The molecule has 0 bridgehead atoms. The van der Waals surface area contributed by atoms with E-state index in [0.29, 0.717) is 6.61 Å². The number of aliphatic hydroxyl groups excluding tert-OH is 1. The van der Waals surface area contributed by atoms with Gasteiger partial charge in [0.15, 0.2) is 0 Å². The third-order valence-electron chi connectivity index (χ3n) is 2.24. The summed E-state index contributed by atoms with van der Waals surface area (Å²) in [5, 5.41) is 8.57. The number of hydrogen-bond acceptors (Lipinski definition) is 4. The van der Waals surface area contributed by atoms with Crippen LogP contribution >= 0.6 is 0 Å². The van der Waals surface area contributed by atoms with Gasteiger partial charge in [-0.25, -0.2) is 0 Å². The maximum absolute atomic E-state index is 8.57. The molecule has 2 atom stereocenters. The Balaban J connectivity index is 0.000000791. The Hall–Kier alpha value is -0.160. The smallest absolute Gasteiger partial charge is 0.0854 e. The molecule has 0 aromatic carbocycles. The van der Waals surface area contributed by atoms with Crippen molar-refractivity contribution in [3.05, 3.63) is 0 Å². The van der Waals surface area contributed by atoms with E-state index in [9.17, 15) is 0 Å². The van der Waals surface area contributed by atoms with Gasteiger partial charge in [-0.2, -0.15) is 0 Å². The highest BCUT2D eigenvalue weighted by Gasteiger charge is 2.24. The van der Waals surface area contributed by atoms with E-state index in [1.807, 2.05) is 13.8 Å². The minimum absolute atomic E-state index is 0.0763. The van der Waals surface area contributed by atoms with E-state index in [-0.39, 0.29) is 18.8 Å². The molecule has 0 spiro atoms. The molecule has 1 fully saturated rings. The summed E-state index contributed by atoms with van der Waals surface area (Å²) in [5.74, 6) is 0. The van der Waals surface area contributed by atoms with Gasteiger partial charge < -0.3 is 20.5 Å². The molecular formula is C10H24N2O2. The predicted octanol–water partition coefficient (Wildman–Crippen LogP) is 0.0529. The summed E-state index contributed by atoms with van der Waals surface area (Å²) in [6, 6.07) is 0.132. The summed E-state index contributed by atoms with van der Waals surface area (Å²) in [7, 11) is 2.06. The molecule has 0 unspecified atom stereocenters. The van der Waals surface area contributed by atoms with Crippen molar-refractivity contribution in [2.75, 3.05) is 33.4 Å². The van der Waals surface area contributed by atoms with Gasteiger partial charge in [0, 0.05) is 12.6 Å². The molecule has 4 heteroatoms. The van der Waals surface area contributed by atoms with Crippen LogP contribution in [0.25, 0.3) is 0 Å². The topological polar surface area (TPSA) is 58.7 Å². The average Bonchev–Trinajstić information content (AvgIpc) is 2.22. The van der Waals surface area contributed by atoms with Crippen LogP contribution in [0.5, 0.6) is 0 Å². The van der Waals surface area contributed by atoms with Gasteiger partial charge in [-0.3, -0.25) is 0 Å². The van der Waals surface area contributed by atoms with Crippen LogP contribution in [0.1, 0.15) is 20.3 Å². The normalized spacial score (nSPS) is 28.1. The summed E-state index contributed by atoms with van der Waals surface area (Å²) in [6.45, 7) is 6.39. The molecule has 86 valence electrons. The highest BCUT2D eigenvalue weighted by molar-refractivity contribution is 4.82. The van der Waals surface area contributed by atoms with Crippen molar-refractivity contribution in [1.29, 1.82) is 0 Å². The van der Waals surface area contributed by atoms with Crippen LogP contribution in [0.4, 0.5) is 0 Å². The molecule has 0 amide bonds. The molecular weight excluding hydrogens is 180 g/mol. The first-order chi connectivity index (χ1) is 6.74. The van der Waals surface area contributed by atoms with Crippen molar-refractivity contribution in [2.24, 2.45) is 5.73 Å². The molecule has 1 aliphatic rings. The monoisotopic (exact) mass is 204 g/mol. The molecule has 14 heavy (non-hydrogen) atoms. The summed E-state index contributed by atoms with van der Waals surface area (Å²) in [4.78, 5) is 2.20. The van der Waals surface area contributed by atoms with Crippen LogP contribution in [-0.2, 0) is 4.74 Å². The first kappa shape index (κ1) is 13.8. The molecule has 0 aliphatic carbocycles. The minimum atomic E-state index is 0.0763. The maximum atomic E-state index is 8.57. The highest BCUT2D eigenvalue weighted by Crippen LogP contribution is 2.10. The molecule has 1 aliphatic heterocycles. The van der Waals surface area contributed by atoms with Crippen LogP contribution in [0.3, 0.4) is 0 Å². The van der Waals surface area contributed by atoms with Crippen molar-refractivity contribution >= 4 is 0 Å². The number of ether oxygens (including phenoxy) is 1. The van der Waals surface area contributed by atoms with Gasteiger partial charge in [-0.15, -0.1) is 0 Å². The highest BCUT2D eigenvalue weighted by atomic mass is 16.5. The second kappa shape index (κ2) is 8.17. The molecule has 1 saturated heterocycles. The molecule has 0 aromatic rings. The lowest BCUT2D eigenvalue weighted by molar-refractivity contribution is -0.0200. The average molecular weight is 204 g/mol. The molecule has 0 radical (unpaired) electrons. The Bertz CT molecular complexity index is 133. The standard InChI is InChI=1S/C8H18N2O2.C2H6/c1-10-3-2-7(9)8(6-10)12-5-4-11;1-2/h7-8,11H,2-6,9H2,1H3;1-2H3/t7-,8+;/m1./s1. The van der Waals surface area contributed by atoms with Crippen molar-refractivity contribution in [3.8, 4) is 0 Å². The fourth-order valence-corrected chi connectivity index (χ4v) is 1.47. The Labute approximate surface area is 87.0 Å². The molecule has 0 saturated carbocycles. The van der Waals surface area contributed by atoms with E-state index in [1.165, 1.54) is 0 Å². The van der Waals surface area contributed by atoms with Crippen LogP contribution in [0.2, 0.25) is 0 Å². The van der Waals surface area contributed by atoms with Crippen LogP contribution in [0.15, 0.2) is 0 Å². The number of nitrogens with two attached hydrogens (primary N) is 1. The Morgan fingerprint density at radius 2 is 2.14 bits per heavy atom. The van der Waals surface area contributed by atoms with Crippen LogP contribution < -0.4 is 5.73 Å². The fraction of sp³-hybridized carbons (Fsp3) is 1.00. The van der Waals surface area contributed by atoms with Crippen LogP contribution in [-0.4, -0.2) is 55.5 Å². The Kier molecular flexibility index (Phi) is 8.08. The third kappa shape index (κ3) is 4.91. The minimum Gasteiger partial charge on any atom is -0.394 e. The zero-order valence-corrected chi connectivity index (χ0v) is 9.57. The molecule has 3 N–H and O–H groups in total. The van der Waals surface area contributed by atoms with Gasteiger partial charge in [-0.05, 0) is 20.0 Å². The number of piperidine rings is 1. The molecule has 4 nitrogen and oxygen atoms in total. The zero-order chi connectivity index (χ0) is 11.0. The van der Waals surface area contributed by atoms with E-state index in [2.05, 4.69) is 11.9 Å². The van der Waals surface area contributed by atoms with Gasteiger partial charge in [0.1, 0.15) is 0 Å². The molecule has 1 heterocycles. The van der Waals surface area contributed by atoms with E-state index < -0.39 is 0 Å². The Morgan fingerprint density at radius 3 is 2.71 bits per heavy atom. The lowest BCUT2D eigenvalue weighted by Crippen LogP contribution is -2.50. The molecule has 1 rings (SSSR count). The number of hydrogen-bond donors (Lipinski definition) is 2. The number of rotatable bonds is 3. The van der Waals surface area contributed by atoms with Crippen LogP contribution in [0, 0.1) is 0 Å². The van der Waals surface area contributed by atoms with Gasteiger partial charge in [-0.1, -0.05) is 13.8 Å². The second-order valence-electron chi connectivity index (χ2n) is 3.35. The lowest BCUT2D eigenvalue weighted by atomic mass is 10.0. The Morgan fingerprint density at radius 1 is 1.50 bits per heavy atom. The summed E-state index contributed by atoms with van der Waals surface area (Å²) in [6.07, 6.45) is 1.07. The zero-order valence-electron chi connectivity index (χ0n) is 9.57. The lowest BCUT2D eigenvalue weighted by Gasteiger charge is -2.34. The first-order valence-electron chi connectivity index (χ1n) is 5.40. The molecule has 0 aromatic heterocycles. The van der Waals surface area contributed by atoms with E-state index in [1.54, 1.807) is 0 Å². The van der Waals surface area contributed by atoms with E-state index in [0.717, 1.165) is 19.5 Å². The van der Waals surface area contributed by atoms with Crippen molar-refractivity contribution in [1.82, 2.24) is 4.90 Å². The summed E-state index contributed by atoms with van der Waals surface area (Å²) in [5.41, 5.74) is 5.85. The van der Waals surface area contributed by atoms with Gasteiger partial charge in [0.2, 0.25) is 0 Å². The number of likely N-dealkylation sites (tertiary alicyclic amines) is 1. The predicted molar refractivity (Wildman–Crippen MR) is 58.3 cm³/mol. The van der Waals surface area contributed by atoms with Gasteiger partial charge in [0.25, 0.3) is 0 Å². The maximum Gasteiger partial charge on any atom is 0.0854 e. The second-order valence-corrected chi connectivity index (χ2v) is 3.35. The van der Waals surface area contributed by atoms with Gasteiger partial charge >= 0.3 is 0 Å². The number of aliphatic hydroxyl groups is 1. The summed E-state index contributed by atoms with van der Waals surface area (Å²) >= 11 is 0. The fourth-order valence-electron chi connectivity index (χ4n) is 1.47. The van der Waals surface area contributed by atoms with E-state index in [4.69, 9.17) is 15.6 Å².